The van der Waals surface area contributed by atoms with Crippen molar-refractivity contribution in [1.29, 1.82) is 0 Å². The Labute approximate surface area is 58.9 Å². The zero-order valence-corrected chi connectivity index (χ0v) is 5.74. The molecule has 3 nitrogen and oxygen atoms in total. The van der Waals surface area contributed by atoms with Crippen molar-refractivity contribution < 1.29 is 4.79 Å². The Kier molecular flexibility index (Phi) is 1.66. The fourth-order valence-electron chi connectivity index (χ4n) is 0.670. The Morgan fingerprint density at radius 2 is 2.44 bits per heavy atom. The van der Waals surface area contributed by atoms with Gasteiger partial charge in [0, 0.05) is 11.4 Å². The maximum atomic E-state index is 10.5. The van der Waals surface area contributed by atoms with Gasteiger partial charge in [0.25, 0.3) is 0 Å². The third-order valence-corrected chi connectivity index (χ3v) is 1.55. The predicted octanol–water partition coefficient (Wildman–Crippen LogP) is 0.111. The summed E-state index contributed by atoms with van der Waals surface area (Å²) in [7, 11) is 0. The first kappa shape index (κ1) is 6.48. The molecule has 0 aliphatic carbocycles. The lowest BCUT2D eigenvalue weighted by atomic mass is 10.3. The van der Waals surface area contributed by atoms with E-state index in [0.717, 1.165) is 0 Å². The molecule has 0 aromatic carbocycles. The van der Waals surface area contributed by atoms with Gasteiger partial charge in [-0.2, -0.15) is 12.6 Å². The zero-order chi connectivity index (χ0) is 6.85. The van der Waals surface area contributed by atoms with Crippen LogP contribution in [0.1, 0.15) is 0 Å². The van der Waals surface area contributed by atoms with Gasteiger partial charge in [-0.05, 0) is 0 Å². The standard InChI is InChI=1S/C5H8N2OS/c1-3-4(2-9)7-5(8)6-3/h4,9H,1-2H2,(H2,6,7,8). The van der Waals surface area contributed by atoms with E-state index < -0.39 is 0 Å². The van der Waals surface area contributed by atoms with Crippen LogP contribution in [0.5, 0.6) is 0 Å². The molecule has 0 aromatic heterocycles. The summed E-state index contributed by atoms with van der Waals surface area (Å²) in [4.78, 5) is 10.5. The second-order valence-electron chi connectivity index (χ2n) is 1.86. The highest BCUT2D eigenvalue weighted by atomic mass is 32.1. The molecule has 2 N–H and O–H groups in total. The van der Waals surface area contributed by atoms with Gasteiger partial charge in [-0.1, -0.05) is 6.58 Å². The minimum absolute atomic E-state index is 0.000772. The number of urea groups is 1. The molecule has 50 valence electrons. The molecule has 0 spiro atoms. The maximum Gasteiger partial charge on any atom is 0.319 e. The number of hydrogen-bond donors (Lipinski definition) is 3. The van der Waals surface area contributed by atoms with E-state index in [4.69, 9.17) is 0 Å². The van der Waals surface area contributed by atoms with E-state index in [1.165, 1.54) is 0 Å². The van der Waals surface area contributed by atoms with E-state index >= 15 is 0 Å². The van der Waals surface area contributed by atoms with Crippen LogP contribution in [0.2, 0.25) is 0 Å². The molecule has 1 aliphatic heterocycles. The fraction of sp³-hybridized carbons (Fsp3) is 0.400. The van der Waals surface area contributed by atoms with E-state index in [-0.39, 0.29) is 12.1 Å². The smallest absolute Gasteiger partial charge is 0.319 e. The highest BCUT2D eigenvalue weighted by Gasteiger charge is 2.21. The third kappa shape index (κ3) is 1.18. The predicted molar refractivity (Wildman–Crippen MR) is 38.4 cm³/mol. The van der Waals surface area contributed by atoms with Gasteiger partial charge in [-0.3, -0.25) is 0 Å². The summed E-state index contributed by atoms with van der Waals surface area (Å²) in [5, 5.41) is 5.15. The van der Waals surface area contributed by atoms with Gasteiger partial charge < -0.3 is 10.6 Å². The Morgan fingerprint density at radius 1 is 1.78 bits per heavy atom. The second kappa shape index (κ2) is 2.31. The summed E-state index contributed by atoms with van der Waals surface area (Å²) in [6, 6.07) is -0.181. The van der Waals surface area contributed by atoms with Gasteiger partial charge in [-0.15, -0.1) is 0 Å². The van der Waals surface area contributed by atoms with Crippen LogP contribution in [0, 0.1) is 0 Å². The lowest BCUT2D eigenvalue weighted by Crippen LogP contribution is -2.27. The van der Waals surface area contributed by atoms with Gasteiger partial charge in [0.2, 0.25) is 0 Å². The van der Waals surface area contributed by atoms with Gasteiger partial charge in [0.05, 0.1) is 6.04 Å². The number of thiol groups is 1. The first-order chi connectivity index (χ1) is 4.24. The summed E-state index contributed by atoms with van der Waals surface area (Å²) in [6.45, 7) is 3.61. The first-order valence-corrected chi connectivity index (χ1v) is 3.24. The van der Waals surface area contributed by atoms with Crippen molar-refractivity contribution in [2.24, 2.45) is 0 Å². The largest absolute Gasteiger partial charge is 0.329 e. The number of rotatable bonds is 1. The molecule has 1 rings (SSSR count). The number of carbonyl (C=O) groups excluding carboxylic acids is 1. The molecular weight excluding hydrogens is 136 g/mol. The summed E-state index contributed by atoms with van der Waals surface area (Å²) < 4.78 is 0. The molecule has 0 bridgehead atoms. The van der Waals surface area contributed by atoms with E-state index in [2.05, 4.69) is 29.8 Å². The topological polar surface area (TPSA) is 41.1 Å². The van der Waals surface area contributed by atoms with Gasteiger partial charge in [-0.25, -0.2) is 4.79 Å². The molecule has 0 saturated carbocycles. The molecule has 0 radical (unpaired) electrons. The van der Waals surface area contributed by atoms with Gasteiger partial charge in [0.15, 0.2) is 0 Å². The van der Waals surface area contributed by atoms with E-state index in [1.54, 1.807) is 0 Å². The minimum atomic E-state index is -0.181. The summed E-state index contributed by atoms with van der Waals surface area (Å²) in [5.74, 6) is 0.595. The Morgan fingerprint density at radius 3 is 2.67 bits per heavy atom. The average molecular weight is 144 g/mol. The summed E-state index contributed by atoms with van der Waals surface area (Å²) >= 11 is 4.00. The van der Waals surface area contributed by atoms with Crippen molar-refractivity contribution in [1.82, 2.24) is 10.6 Å². The summed E-state index contributed by atoms with van der Waals surface area (Å²) in [5.41, 5.74) is 0.704. The number of carbonyl (C=O) groups is 1. The highest BCUT2D eigenvalue weighted by Crippen LogP contribution is 2.03. The molecule has 1 saturated heterocycles. The molecule has 1 fully saturated rings. The number of amides is 2. The third-order valence-electron chi connectivity index (χ3n) is 1.18. The number of nitrogens with one attached hydrogen (secondary N) is 2. The van der Waals surface area contributed by atoms with Crippen molar-refractivity contribution in [3.63, 3.8) is 0 Å². The Bertz CT molecular complexity index is 157. The molecule has 9 heavy (non-hydrogen) atoms. The van der Waals surface area contributed by atoms with E-state index in [9.17, 15) is 4.79 Å². The van der Waals surface area contributed by atoms with Crippen LogP contribution in [0.25, 0.3) is 0 Å². The van der Waals surface area contributed by atoms with E-state index in [1.807, 2.05) is 0 Å². The highest BCUT2D eigenvalue weighted by molar-refractivity contribution is 7.80. The van der Waals surface area contributed by atoms with Crippen molar-refractivity contribution in [2.75, 3.05) is 5.75 Å². The molecular formula is C5H8N2OS. The first-order valence-electron chi connectivity index (χ1n) is 2.61. The van der Waals surface area contributed by atoms with Crippen LogP contribution in [-0.4, -0.2) is 17.8 Å². The van der Waals surface area contributed by atoms with Gasteiger partial charge in [0.1, 0.15) is 0 Å². The normalized spacial score (nSPS) is 25.7. The molecule has 0 aromatic rings. The monoisotopic (exact) mass is 144 g/mol. The fourth-order valence-corrected chi connectivity index (χ4v) is 0.982. The Balaban J connectivity index is 2.58. The molecule has 1 unspecified atom stereocenters. The second-order valence-corrected chi connectivity index (χ2v) is 2.22. The number of hydrogen-bond acceptors (Lipinski definition) is 2. The lowest BCUT2D eigenvalue weighted by molar-refractivity contribution is 0.248. The molecule has 1 atom stereocenters. The van der Waals surface area contributed by atoms with Crippen LogP contribution >= 0.6 is 12.6 Å². The van der Waals surface area contributed by atoms with Crippen LogP contribution in [0.15, 0.2) is 12.3 Å². The zero-order valence-electron chi connectivity index (χ0n) is 4.85. The summed E-state index contributed by atoms with van der Waals surface area (Å²) in [6.07, 6.45) is 0. The molecule has 1 heterocycles. The maximum absolute atomic E-state index is 10.5. The SMILES string of the molecule is C=C1NC(=O)NC1CS. The van der Waals surface area contributed by atoms with Crippen molar-refractivity contribution in [3.8, 4) is 0 Å². The van der Waals surface area contributed by atoms with Crippen molar-refractivity contribution >= 4 is 18.7 Å². The lowest BCUT2D eigenvalue weighted by Gasteiger charge is -2.02. The molecule has 4 heteroatoms. The molecule has 1 aliphatic rings. The average Bonchev–Trinajstić information content (AvgIpc) is 2.10. The molecule has 2 amide bonds. The minimum Gasteiger partial charge on any atom is -0.329 e. The van der Waals surface area contributed by atoms with Crippen LogP contribution in [0.3, 0.4) is 0 Å². The van der Waals surface area contributed by atoms with Crippen LogP contribution in [-0.2, 0) is 0 Å². The Hall–Kier alpha value is -0.640. The van der Waals surface area contributed by atoms with Crippen molar-refractivity contribution in [3.05, 3.63) is 12.3 Å². The van der Waals surface area contributed by atoms with Gasteiger partial charge >= 0.3 is 6.03 Å². The van der Waals surface area contributed by atoms with Crippen LogP contribution < -0.4 is 10.6 Å². The van der Waals surface area contributed by atoms with Crippen molar-refractivity contribution in [2.45, 2.75) is 6.04 Å². The van der Waals surface area contributed by atoms with E-state index in [0.29, 0.717) is 11.4 Å². The van der Waals surface area contributed by atoms with Crippen LogP contribution in [0.4, 0.5) is 4.79 Å². The quantitative estimate of drug-likeness (QED) is 0.449.